The monoisotopic (exact) mass is 389 g/mol. The fraction of sp³-hybridized carbons (Fsp3) is 0.818. The fourth-order valence-corrected chi connectivity index (χ4v) is 6.85. The summed E-state index contributed by atoms with van der Waals surface area (Å²) in [6.07, 6.45) is 4.58. The van der Waals surface area contributed by atoms with Crippen molar-refractivity contribution in [2.75, 3.05) is 6.54 Å². The minimum Gasteiger partial charge on any atom is -0.460 e. The first-order valence-corrected chi connectivity index (χ1v) is 11.0. The van der Waals surface area contributed by atoms with Crippen molar-refractivity contribution in [3.05, 3.63) is 11.3 Å². The zero-order valence-corrected chi connectivity index (χ0v) is 17.0. The summed E-state index contributed by atoms with van der Waals surface area (Å²) in [6.45, 7) is 6.85. The molecule has 5 rings (SSSR count). The van der Waals surface area contributed by atoms with Gasteiger partial charge in [-0.25, -0.2) is 0 Å². The van der Waals surface area contributed by atoms with E-state index >= 15 is 0 Å². The lowest BCUT2D eigenvalue weighted by atomic mass is 9.64. The van der Waals surface area contributed by atoms with E-state index in [1.165, 1.54) is 5.57 Å². The van der Waals surface area contributed by atoms with Crippen LogP contribution in [0.2, 0.25) is 0 Å². The Hall–Kier alpha value is -1.56. The molecule has 8 atom stereocenters. The molecule has 0 aromatic heterocycles. The first-order valence-electron chi connectivity index (χ1n) is 11.0. The lowest BCUT2D eigenvalue weighted by Crippen LogP contribution is -2.51. The van der Waals surface area contributed by atoms with Gasteiger partial charge in [-0.15, -0.1) is 0 Å². The standard InChI is InChI=1S/C22H31NO5/c1-4-13-14-7-5-6-8-23-15(16-9-11(2)20(25)27-16)10-22(19(14)23)17(18(13)24)12(3)21(26)28-22/h11-13,15-18,24H,4-10H2,1-3H3/t11-,12?,13+,15-,16-,17?,18+,22?/m0/s1. The molecule has 6 nitrogen and oxygen atoms in total. The molecule has 3 unspecified atom stereocenters. The average Bonchev–Trinajstić information content (AvgIpc) is 3.16. The number of aliphatic hydroxyl groups is 1. The van der Waals surface area contributed by atoms with E-state index in [1.807, 2.05) is 13.8 Å². The van der Waals surface area contributed by atoms with Gasteiger partial charge in [-0.05, 0) is 37.7 Å². The van der Waals surface area contributed by atoms with Crippen molar-refractivity contribution in [1.82, 2.24) is 4.90 Å². The number of rotatable bonds is 2. The van der Waals surface area contributed by atoms with Crippen LogP contribution in [0.25, 0.3) is 0 Å². The summed E-state index contributed by atoms with van der Waals surface area (Å²) in [5.74, 6) is -0.860. The molecule has 1 aliphatic carbocycles. The number of hydrogen-bond acceptors (Lipinski definition) is 6. The van der Waals surface area contributed by atoms with Gasteiger partial charge in [0.2, 0.25) is 0 Å². The molecule has 28 heavy (non-hydrogen) atoms. The van der Waals surface area contributed by atoms with Crippen molar-refractivity contribution in [2.24, 2.45) is 23.7 Å². The predicted octanol–water partition coefficient (Wildman–Crippen LogP) is 2.40. The average molecular weight is 389 g/mol. The second kappa shape index (κ2) is 6.22. The predicted molar refractivity (Wildman–Crippen MR) is 101 cm³/mol. The molecule has 0 radical (unpaired) electrons. The van der Waals surface area contributed by atoms with Crippen LogP contribution in [0.15, 0.2) is 11.3 Å². The number of carbonyl (C=O) groups is 2. The van der Waals surface area contributed by atoms with Gasteiger partial charge >= 0.3 is 11.9 Å². The maximum Gasteiger partial charge on any atom is 0.310 e. The first kappa shape index (κ1) is 18.5. The van der Waals surface area contributed by atoms with Gasteiger partial charge in [0.1, 0.15) is 6.10 Å². The molecule has 0 amide bonds. The molecule has 1 N–H and O–H groups in total. The molecular formula is C22H31NO5. The number of nitrogens with zero attached hydrogens (tertiary/aromatic N) is 1. The summed E-state index contributed by atoms with van der Waals surface area (Å²) < 4.78 is 11.9. The van der Waals surface area contributed by atoms with E-state index in [2.05, 4.69) is 11.8 Å². The quantitative estimate of drug-likeness (QED) is 0.731. The molecule has 0 saturated carbocycles. The van der Waals surface area contributed by atoms with Crippen molar-refractivity contribution >= 4 is 11.9 Å². The second-order valence-corrected chi connectivity index (χ2v) is 9.54. The maximum atomic E-state index is 12.7. The van der Waals surface area contributed by atoms with Crippen LogP contribution in [0.3, 0.4) is 0 Å². The van der Waals surface area contributed by atoms with Gasteiger partial charge in [-0.1, -0.05) is 20.8 Å². The molecule has 4 heterocycles. The summed E-state index contributed by atoms with van der Waals surface area (Å²) in [5.41, 5.74) is 1.69. The molecular weight excluding hydrogens is 358 g/mol. The Balaban J connectivity index is 1.65. The van der Waals surface area contributed by atoms with Gasteiger partial charge < -0.3 is 19.5 Å². The molecule has 3 saturated heterocycles. The highest BCUT2D eigenvalue weighted by molar-refractivity contribution is 5.78. The van der Waals surface area contributed by atoms with E-state index in [1.54, 1.807) is 0 Å². The number of cyclic esters (lactones) is 1. The van der Waals surface area contributed by atoms with Crippen LogP contribution in [0.5, 0.6) is 0 Å². The third-order valence-electron chi connectivity index (χ3n) is 8.08. The molecule has 0 aromatic carbocycles. The summed E-state index contributed by atoms with van der Waals surface area (Å²) in [7, 11) is 0. The van der Waals surface area contributed by atoms with Crippen LogP contribution in [-0.4, -0.2) is 52.3 Å². The minimum absolute atomic E-state index is 0.0282. The van der Waals surface area contributed by atoms with E-state index in [4.69, 9.17) is 9.47 Å². The number of esters is 2. The second-order valence-electron chi connectivity index (χ2n) is 9.54. The van der Waals surface area contributed by atoms with Gasteiger partial charge in [0.05, 0.1) is 29.7 Å². The van der Waals surface area contributed by atoms with Crippen LogP contribution in [0.4, 0.5) is 0 Å². The van der Waals surface area contributed by atoms with Gasteiger partial charge in [-0.3, -0.25) is 9.59 Å². The van der Waals surface area contributed by atoms with Crippen LogP contribution < -0.4 is 0 Å². The molecule has 154 valence electrons. The lowest BCUT2D eigenvalue weighted by molar-refractivity contribution is -0.150. The molecule has 4 aliphatic heterocycles. The molecule has 5 aliphatic rings. The normalized spacial score (nSPS) is 47.6. The van der Waals surface area contributed by atoms with Crippen molar-refractivity contribution < 1.29 is 24.2 Å². The van der Waals surface area contributed by atoms with Crippen LogP contribution in [0.1, 0.15) is 59.3 Å². The molecule has 0 bridgehead atoms. The highest BCUT2D eigenvalue weighted by Crippen LogP contribution is 2.61. The Morgan fingerprint density at radius 3 is 2.68 bits per heavy atom. The Morgan fingerprint density at radius 1 is 1.21 bits per heavy atom. The third kappa shape index (κ3) is 2.24. The summed E-state index contributed by atoms with van der Waals surface area (Å²) in [6, 6.07) is 0.0282. The first-order chi connectivity index (χ1) is 13.4. The highest BCUT2D eigenvalue weighted by atomic mass is 16.6. The van der Waals surface area contributed by atoms with Gasteiger partial charge in [0, 0.05) is 24.8 Å². The zero-order chi connectivity index (χ0) is 19.8. The number of aliphatic hydroxyl groups excluding tert-OH is 1. The van der Waals surface area contributed by atoms with Crippen molar-refractivity contribution in [2.45, 2.75) is 83.1 Å². The Kier molecular flexibility index (Phi) is 4.10. The van der Waals surface area contributed by atoms with Crippen LogP contribution >= 0.6 is 0 Å². The van der Waals surface area contributed by atoms with E-state index in [0.29, 0.717) is 12.8 Å². The van der Waals surface area contributed by atoms with E-state index in [9.17, 15) is 14.7 Å². The van der Waals surface area contributed by atoms with Crippen molar-refractivity contribution in [3.63, 3.8) is 0 Å². The Labute approximate surface area is 166 Å². The summed E-state index contributed by atoms with van der Waals surface area (Å²) >= 11 is 0. The van der Waals surface area contributed by atoms with Gasteiger partial charge in [-0.2, -0.15) is 0 Å². The summed E-state index contributed by atoms with van der Waals surface area (Å²) in [5, 5.41) is 11.3. The lowest BCUT2D eigenvalue weighted by Gasteiger charge is -2.45. The SMILES string of the molecule is CC[C@@H]1C2=C3N(CCCC2)[C@H]([C@@H]2C[C@H](C)C(=O)O2)CC32OC(=O)C(C)C2[C@@H]1O. The van der Waals surface area contributed by atoms with Crippen molar-refractivity contribution in [3.8, 4) is 0 Å². The smallest absolute Gasteiger partial charge is 0.310 e. The van der Waals surface area contributed by atoms with Crippen LogP contribution in [-0.2, 0) is 19.1 Å². The maximum absolute atomic E-state index is 12.7. The molecule has 6 heteroatoms. The Morgan fingerprint density at radius 2 is 2.00 bits per heavy atom. The van der Waals surface area contributed by atoms with E-state index in [-0.39, 0.29) is 47.8 Å². The molecule has 3 fully saturated rings. The number of ether oxygens (including phenoxy) is 2. The zero-order valence-electron chi connectivity index (χ0n) is 17.0. The third-order valence-corrected chi connectivity index (χ3v) is 8.08. The number of carbonyl (C=O) groups excluding carboxylic acids is 2. The Bertz CT molecular complexity index is 747. The van der Waals surface area contributed by atoms with Crippen LogP contribution in [0, 0.1) is 23.7 Å². The van der Waals surface area contributed by atoms with Crippen molar-refractivity contribution in [1.29, 1.82) is 0 Å². The summed E-state index contributed by atoms with van der Waals surface area (Å²) in [4.78, 5) is 27.2. The van der Waals surface area contributed by atoms with E-state index < -0.39 is 11.7 Å². The molecule has 0 aromatic rings. The molecule has 1 spiro atoms. The largest absolute Gasteiger partial charge is 0.460 e. The van der Waals surface area contributed by atoms with Gasteiger partial charge in [0.15, 0.2) is 5.60 Å². The number of hydrogen-bond donors (Lipinski definition) is 1. The van der Waals surface area contributed by atoms with E-state index in [0.717, 1.165) is 37.9 Å². The van der Waals surface area contributed by atoms with Gasteiger partial charge in [0.25, 0.3) is 0 Å². The highest BCUT2D eigenvalue weighted by Gasteiger charge is 2.69. The minimum atomic E-state index is -0.746. The topological polar surface area (TPSA) is 76.1 Å². The fourth-order valence-electron chi connectivity index (χ4n) is 6.85.